The summed E-state index contributed by atoms with van der Waals surface area (Å²) >= 11 is 0. The van der Waals surface area contributed by atoms with E-state index in [4.69, 9.17) is 9.47 Å². The molecule has 5 nitrogen and oxygen atoms in total. The van der Waals surface area contributed by atoms with Gasteiger partial charge in [-0.25, -0.2) is 4.98 Å². The minimum absolute atomic E-state index is 0.0854. The van der Waals surface area contributed by atoms with Crippen LogP contribution in [0.4, 0.5) is 0 Å². The Balaban J connectivity index is 2.20. The Morgan fingerprint density at radius 2 is 2.22 bits per heavy atom. The molecular weight excluding hydrogens is 232 g/mol. The van der Waals surface area contributed by atoms with Crippen molar-refractivity contribution in [2.75, 3.05) is 7.11 Å². The summed E-state index contributed by atoms with van der Waals surface area (Å²) in [7, 11) is 3.48. The maximum Gasteiger partial charge on any atom is 0.167 e. The topological polar surface area (TPSA) is 56.5 Å². The molecular formula is C13H16N2O3. The van der Waals surface area contributed by atoms with Gasteiger partial charge in [-0.05, 0) is 6.07 Å². The lowest BCUT2D eigenvalue weighted by Crippen LogP contribution is -2.04. The van der Waals surface area contributed by atoms with Gasteiger partial charge in [0.05, 0.1) is 31.9 Å². The molecule has 1 aromatic carbocycles. The van der Waals surface area contributed by atoms with Gasteiger partial charge >= 0.3 is 0 Å². The standard InChI is InChI=1S/C13H16N2O3/c1-15-9-14-6-11(15)8-18-13-10(7-16)4-3-5-12(13)17-2/h3-6,9,16H,7-8H2,1-2H3. The summed E-state index contributed by atoms with van der Waals surface area (Å²) in [6.45, 7) is 0.293. The monoisotopic (exact) mass is 248 g/mol. The van der Waals surface area contributed by atoms with Gasteiger partial charge in [0, 0.05) is 12.6 Å². The number of imidazole rings is 1. The van der Waals surface area contributed by atoms with E-state index in [2.05, 4.69) is 4.98 Å². The predicted octanol–water partition coefficient (Wildman–Crippen LogP) is 1.50. The Bertz CT molecular complexity index is 500. The molecule has 0 radical (unpaired) electrons. The summed E-state index contributed by atoms with van der Waals surface area (Å²) in [5.41, 5.74) is 1.65. The van der Waals surface area contributed by atoms with Crippen LogP contribution in [0, 0.1) is 0 Å². The zero-order valence-electron chi connectivity index (χ0n) is 10.5. The number of aliphatic hydroxyl groups excluding tert-OH is 1. The average Bonchev–Trinajstić information content (AvgIpc) is 2.81. The van der Waals surface area contributed by atoms with Crippen molar-refractivity contribution in [2.45, 2.75) is 13.2 Å². The number of rotatable bonds is 5. The largest absolute Gasteiger partial charge is 0.493 e. The van der Waals surface area contributed by atoms with E-state index >= 15 is 0 Å². The van der Waals surface area contributed by atoms with E-state index in [0.717, 1.165) is 5.69 Å². The van der Waals surface area contributed by atoms with Crippen molar-refractivity contribution in [1.82, 2.24) is 9.55 Å². The number of para-hydroxylation sites is 1. The molecule has 0 unspecified atom stereocenters. The van der Waals surface area contributed by atoms with Gasteiger partial charge in [-0.1, -0.05) is 12.1 Å². The van der Waals surface area contributed by atoms with E-state index in [9.17, 15) is 5.11 Å². The van der Waals surface area contributed by atoms with Crippen molar-refractivity contribution >= 4 is 0 Å². The number of benzene rings is 1. The number of aliphatic hydroxyl groups is 1. The van der Waals surface area contributed by atoms with E-state index in [0.29, 0.717) is 23.7 Å². The fraction of sp³-hybridized carbons (Fsp3) is 0.308. The SMILES string of the molecule is COc1cccc(CO)c1OCc1cncn1C. The number of hydrogen-bond acceptors (Lipinski definition) is 4. The zero-order chi connectivity index (χ0) is 13.0. The van der Waals surface area contributed by atoms with Crippen molar-refractivity contribution in [3.8, 4) is 11.5 Å². The van der Waals surface area contributed by atoms with Crippen LogP contribution in [-0.4, -0.2) is 21.8 Å². The Hall–Kier alpha value is -2.01. The summed E-state index contributed by atoms with van der Waals surface area (Å²) in [6.07, 6.45) is 3.46. The second-order valence-corrected chi connectivity index (χ2v) is 3.89. The van der Waals surface area contributed by atoms with E-state index in [-0.39, 0.29) is 6.61 Å². The van der Waals surface area contributed by atoms with Crippen LogP contribution in [0.5, 0.6) is 11.5 Å². The van der Waals surface area contributed by atoms with Gasteiger partial charge in [-0.15, -0.1) is 0 Å². The molecule has 1 heterocycles. The van der Waals surface area contributed by atoms with Gasteiger partial charge in [-0.2, -0.15) is 0 Å². The summed E-state index contributed by atoms with van der Waals surface area (Å²) in [6, 6.07) is 5.43. The molecule has 0 fully saturated rings. The van der Waals surface area contributed by atoms with Crippen molar-refractivity contribution in [3.63, 3.8) is 0 Å². The van der Waals surface area contributed by atoms with E-state index in [1.165, 1.54) is 0 Å². The minimum atomic E-state index is -0.0854. The Labute approximate surface area is 106 Å². The smallest absolute Gasteiger partial charge is 0.167 e. The minimum Gasteiger partial charge on any atom is -0.493 e. The molecule has 96 valence electrons. The molecule has 0 aliphatic carbocycles. The molecule has 0 spiro atoms. The number of aryl methyl sites for hydroxylation is 1. The molecule has 18 heavy (non-hydrogen) atoms. The molecule has 0 saturated carbocycles. The first kappa shape index (κ1) is 12.4. The highest BCUT2D eigenvalue weighted by molar-refractivity contribution is 5.46. The lowest BCUT2D eigenvalue weighted by molar-refractivity contribution is 0.246. The fourth-order valence-corrected chi connectivity index (χ4v) is 1.68. The number of ether oxygens (including phenoxy) is 2. The van der Waals surface area contributed by atoms with E-state index < -0.39 is 0 Å². The highest BCUT2D eigenvalue weighted by Crippen LogP contribution is 2.31. The molecule has 2 rings (SSSR count). The van der Waals surface area contributed by atoms with Gasteiger partial charge in [0.15, 0.2) is 11.5 Å². The Morgan fingerprint density at radius 1 is 1.39 bits per heavy atom. The van der Waals surface area contributed by atoms with E-state index in [1.54, 1.807) is 31.8 Å². The third kappa shape index (κ3) is 2.46. The summed E-state index contributed by atoms with van der Waals surface area (Å²) in [4.78, 5) is 4.02. The lowest BCUT2D eigenvalue weighted by Gasteiger charge is -2.13. The second-order valence-electron chi connectivity index (χ2n) is 3.89. The molecule has 0 aliphatic heterocycles. The van der Waals surface area contributed by atoms with Crippen LogP contribution in [0.1, 0.15) is 11.3 Å². The van der Waals surface area contributed by atoms with Crippen LogP contribution in [0.25, 0.3) is 0 Å². The molecule has 0 aliphatic rings. The summed E-state index contributed by atoms with van der Waals surface area (Å²) in [5.74, 6) is 1.19. The lowest BCUT2D eigenvalue weighted by atomic mass is 10.2. The summed E-state index contributed by atoms with van der Waals surface area (Å²) < 4.78 is 12.8. The molecule has 0 saturated heterocycles. The maximum absolute atomic E-state index is 9.30. The molecule has 1 aromatic heterocycles. The van der Waals surface area contributed by atoms with Gasteiger partial charge in [0.25, 0.3) is 0 Å². The van der Waals surface area contributed by atoms with Crippen LogP contribution in [-0.2, 0) is 20.3 Å². The van der Waals surface area contributed by atoms with Gasteiger partial charge < -0.3 is 19.1 Å². The van der Waals surface area contributed by atoms with Crippen LogP contribution in [0.3, 0.4) is 0 Å². The van der Waals surface area contributed by atoms with Crippen LogP contribution in [0.2, 0.25) is 0 Å². The molecule has 1 N–H and O–H groups in total. The molecule has 0 atom stereocenters. The second kappa shape index (κ2) is 5.55. The number of hydrogen-bond donors (Lipinski definition) is 1. The zero-order valence-corrected chi connectivity index (χ0v) is 10.5. The first-order valence-electron chi connectivity index (χ1n) is 5.61. The quantitative estimate of drug-likeness (QED) is 0.871. The average molecular weight is 248 g/mol. The first-order valence-corrected chi connectivity index (χ1v) is 5.61. The van der Waals surface area contributed by atoms with Crippen LogP contribution < -0.4 is 9.47 Å². The normalized spacial score (nSPS) is 10.4. The van der Waals surface area contributed by atoms with Gasteiger partial charge in [0.2, 0.25) is 0 Å². The number of methoxy groups -OCH3 is 1. The van der Waals surface area contributed by atoms with Crippen LogP contribution >= 0.6 is 0 Å². The molecule has 2 aromatic rings. The third-order valence-electron chi connectivity index (χ3n) is 2.73. The van der Waals surface area contributed by atoms with Gasteiger partial charge in [0.1, 0.15) is 6.61 Å². The number of nitrogens with zero attached hydrogens (tertiary/aromatic N) is 2. The van der Waals surface area contributed by atoms with Gasteiger partial charge in [-0.3, -0.25) is 0 Å². The molecule has 0 bridgehead atoms. The Kier molecular flexibility index (Phi) is 3.84. The van der Waals surface area contributed by atoms with Crippen molar-refractivity contribution in [1.29, 1.82) is 0 Å². The van der Waals surface area contributed by atoms with Crippen molar-refractivity contribution in [3.05, 3.63) is 42.0 Å². The third-order valence-corrected chi connectivity index (χ3v) is 2.73. The highest BCUT2D eigenvalue weighted by atomic mass is 16.5. The van der Waals surface area contributed by atoms with Crippen LogP contribution in [0.15, 0.2) is 30.7 Å². The highest BCUT2D eigenvalue weighted by Gasteiger charge is 2.10. The molecule has 0 amide bonds. The Morgan fingerprint density at radius 3 is 2.83 bits per heavy atom. The summed E-state index contributed by atoms with van der Waals surface area (Å²) in [5, 5.41) is 9.30. The van der Waals surface area contributed by atoms with E-state index in [1.807, 2.05) is 17.7 Å². The predicted molar refractivity (Wildman–Crippen MR) is 66.5 cm³/mol. The van der Waals surface area contributed by atoms with Crippen molar-refractivity contribution < 1.29 is 14.6 Å². The fourth-order valence-electron chi connectivity index (χ4n) is 1.68. The maximum atomic E-state index is 9.30. The molecule has 5 heteroatoms. The van der Waals surface area contributed by atoms with Crippen molar-refractivity contribution in [2.24, 2.45) is 7.05 Å². The number of aromatic nitrogens is 2. The first-order chi connectivity index (χ1) is 8.76.